The zero-order valence-corrected chi connectivity index (χ0v) is 15.1. The van der Waals surface area contributed by atoms with Gasteiger partial charge in [-0.2, -0.15) is 0 Å². The second-order valence-electron chi connectivity index (χ2n) is 6.42. The lowest BCUT2D eigenvalue weighted by atomic mass is 10.1. The molecule has 0 amide bonds. The molecule has 8 nitrogen and oxygen atoms in total. The minimum atomic E-state index is 0.105. The van der Waals surface area contributed by atoms with Crippen LogP contribution < -0.4 is 9.80 Å². The van der Waals surface area contributed by atoms with E-state index in [1.54, 1.807) is 18.3 Å². The van der Waals surface area contributed by atoms with Gasteiger partial charge in [0.25, 0.3) is 0 Å². The molecule has 2 aliphatic heterocycles. The third kappa shape index (κ3) is 4.17. The quantitative estimate of drug-likeness (QED) is 0.835. The molecule has 2 saturated heterocycles. The molecule has 0 spiro atoms. The number of benzene rings is 1. The van der Waals surface area contributed by atoms with Crippen LogP contribution in [0.25, 0.3) is 0 Å². The van der Waals surface area contributed by atoms with Crippen LogP contribution >= 0.6 is 0 Å². The van der Waals surface area contributed by atoms with Crippen LogP contribution in [0, 0.1) is 0 Å². The number of hydrogen-bond donors (Lipinski definition) is 1. The van der Waals surface area contributed by atoms with Gasteiger partial charge < -0.3 is 24.4 Å². The number of phenols is 1. The first-order valence-electron chi connectivity index (χ1n) is 9.16. The highest BCUT2D eigenvalue weighted by Crippen LogP contribution is 2.41. The Bertz CT molecular complexity index is 787. The Kier molecular flexibility index (Phi) is 5.45. The van der Waals surface area contributed by atoms with Gasteiger partial charge in [-0.05, 0) is 18.2 Å². The average molecular weight is 369 g/mol. The molecule has 1 aromatic carbocycles. The zero-order valence-electron chi connectivity index (χ0n) is 15.1. The van der Waals surface area contributed by atoms with Gasteiger partial charge in [0.15, 0.2) is 5.82 Å². The van der Waals surface area contributed by atoms with E-state index in [0.717, 1.165) is 37.6 Å². The third-order valence-corrected chi connectivity index (χ3v) is 4.68. The topological polar surface area (TPSA) is 82.8 Å². The molecule has 1 aromatic heterocycles. The number of pyridine rings is 1. The van der Waals surface area contributed by atoms with Gasteiger partial charge >= 0.3 is 0 Å². The lowest BCUT2D eigenvalue weighted by Gasteiger charge is -2.36. The van der Waals surface area contributed by atoms with Crippen molar-refractivity contribution in [1.82, 2.24) is 4.98 Å². The summed E-state index contributed by atoms with van der Waals surface area (Å²) in [6.07, 6.45) is 1.66. The van der Waals surface area contributed by atoms with E-state index >= 15 is 0 Å². The smallest absolute Gasteiger partial charge is 0.174 e. The van der Waals surface area contributed by atoms with Crippen molar-refractivity contribution in [3.05, 3.63) is 36.5 Å². The Morgan fingerprint density at radius 2 is 1.48 bits per heavy atom. The molecular weight excluding hydrogens is 346 g/mol. The molecule has 8 heteroatoms. The van der Waals surface area contributed by atoms with Gasteiger partial charge in [-0.15, -0.1) is 10.2 Å². The van der Waals surface area contributed by atoms with Crippen molar-refractivity contribution < 1.29 is 14.6 Å². The molecule has 27 heavy (non-hydrogen) atoms. The van der Waals surface area contributed by atoms with Crippen LogP contribution in [-0.2, 0) is 9.47 Å². The Hall–Kier alpha value is -2.71. The highest BCUT2D eigenvalue weighted by Gasteiger charge is 2.22. The van der Waals surface area contributed by atoms with Crippen molar-refractivity contribution in [2.75, 3.05) is 62.4 Å². The first kappa shape index (κ1) is 17.7. The molecular formula is C19H23N5O3. The standard InChI is InChI=1S/C19H23N5O3/c25-18-14-17(24-7-11-27-12-8-24)16(23-5-9-26-10-6-23)13-15(18)21-22-19-3-1-2-4-20-19/h1-4,13-14,25H,5-12H2/b22-21+. The molecule has 0 aliphatic carbocycles. The summed E-state index contributed by atoms with van der Waals surface area (Å²) in [5.74, 6) is 0.607. The number of morpholine rings is 2. The molecule has 4 rings (SSSR count). The maximum absolute atomic E-state index is 10.5. The van der Waals surface area contributed by atoms with Crippen molar-refractivity contribution in [3.63, 3.8) is 0 Å². The highest BCUT2D eigenvalue weighted by molar-refractivity contribution is 5.79. The summed E-state index contributed by atoms with van der Waals surface area (Å²) in [5, 5.41) is 18.9. The predicted octanol–water partition coefficient (Wildman–Crippen LogP) is 2.88. The molecule has 142 valence electrons. The largest absolute Gasteiger partial charge is 0.506 e. The number of nitrogens with zero attached hydrogens (tertiary/aromatic N) is 5. The Morgan fingerprint density at radius 3 is 2.07 bits per heavy atom. The molecule has 2 aliphatic rings. The minimum Gasteiger partial charge on any atom is -0.506 e. The Morgan fingerprint density at radius 1 is 0.852 bits per heavy atom. The number of aromatic nitrogens is 1. The fourth-order valence-electron chi connectivity index (χ4n) is 3.27. The molecule has 3 heterocycles. The number of hydrogen-bond acceptors (Lipinski definition) is 8. The van der Waals surface area contributed by atoms with Gasteiger partial charge in [0.05, 0.1) is 37.8 Å². The molecule has 2 fully saturated rings. The molecule has 0 radical (unpaired) electrons. The number of aromatic hydroxyl groups is 1. The second-order valence-corrected chi connectivity index (χ2v) is 6.42. The maximum Gasteiger partial charge on any atom is 0.174 e. The van der Waals surface area contributed by atoms with E-state index < -0.39 is 0 Å². The van der Waals surface area contributed by atoms with Crippen molar-refractivity contribution in [2.45, 2.75) is 0 Å². The summed E-state index contributed by atoms with van der Waals surface area (Å²) in [4.78, 5) is 8.65. The van der Waals surface area contributed by atoms with Crippen LogP contribution in [0.2, 0.25) is 0 Å². The Labute approximate surface area is 158 Å². The number of phenolic OH excluding ortho intramolecular Hbond substituents is 1. The molecule has 0 bridgehead atoms. The maximum atomic E-state index is 10.5. The van der Waals surface area contributed by atoms with E-state index in [1.807, 2.05) is 18.2 Å². The summed E-state index contributed by atoms with van der Waals surface area (Å²) in [6.45, 7) is 5.95. The van der Waals surface area contributed by atoms with E-state index in [0.29, 0.717) is 37.9 Å². The van der Waals surface area contributed by atoms with E-state index in [1.165, 1.54) is 0 Å². The molecule has 2 aromatic rings. The summed E-state index contributed by atoms with van der Waals surface area (Å²) in [5.41, 5.74) is 2.46. The van der Waals surface area contributed by atoms with E-state index in [4.69, 9.17) is 9.47 Å². The van der Waals surface area contributed by atoms with Crippen LogP contribution in [0.4, 0.5) is 22.9 Å². The van der Waals surface area contributed by atoms with Gasteiger partial charge in [-0.25, -0.2) is 4.98 Å². The van der Waals surface area contributed by atoms with Crippen molar-refractivity contribution >= 4 is 22.9 Å². The van der Waals surface area contributed by atoms with Crippen LogP contribution in [0.1, 0.15) is 0 Å². The summed E-state index contributed by atoms with van der Waals surface area (Å²) >= 11 is 0. The van der Waals surface area contributed by atoms with Crippen LogP contribution in [0.3, 0.4) is 0 Å². The normalized spacial score (nSPS) is 18.2. The third-order valence-electron chi connectivity index (χ3n) is 4.68. The molecule has 0 unspecified atom stereocenters. The molecule has 0 saturated carbocycles. The van der Waals surface area contributed by atoms with Crippen molar-refractivity contribution in [3.8, 4) is 5.75 Å². The predicted molar refractivity (Wildman–Crippen MR) is 103 cm³/mol. The van der Waals surface area contributed by atoms with Gasteiger partial charge in [-0.1, -0.05) is 6.07 Å². The first-order valence-corrected chi connectivity index (χ1v) is 9.16. The molecule has 0 atom stereocenters. The highest BCUT2D eigenvalue weighted by atomic mass is 16.5. The summed E-state index contributed by atoms with van der Waals surface area (Å²) < 4.78 is 11.0. The van der Waals surface area contributed by atoms with Gasteiger partial charge in [-0.3, -0.25) is 0 Å². The average Bonchev–Trinajstić information content (AvgIpc) is 2.74. The fraction of sp³-hybridized carbons (Fsp3) is 0.421. The van der Waals surface area contributed by atoms with Gasteiger partial charge in [0.2, 0.25) is 0 Å². The van der Waals surface area contributed by atoms with Crippen LogP contribution in [0.5, 0.6) is 5.75 Å². The summed E-state index contributed by atoms with van der Waals surface area (Å²) in [6, 6.07) is 9.12. The SMILES string of the molecule is Oc1cc(N2CCOCC2)c(N2CCOCC2)cc1/N=N/c1ccccn1. The van der Waals surface area contributed by atoms with Crippen LogP contribution in [-0.4, -0.2) is 62.7 Å². The number of anilines is 2. The van der Waals surface area contributed by atoms with E-state index in [-0.39, 0.29) is 5.75 Å². The van der Waals surface area contributed by atoms with Crippen molar-refractivity contribution in [2.24, 2.45) is 10.2 Å². The number of azo groups is 1. The van der Waals surface area contributed by atoms with E-state index in [2.05, 4.69) is 25.0 Å². The van der Waals surface area contributed by atoms with Crippen molar-refractivity contribution in [1.29, 1.82) is 0 Å². The first-order chi connectivity index (χ1) is 13.3. The fourth-order valence-corrected chi connectivity index (χ4v) is 3.27. The van der Waals surface area contributed by atoms with Gasteiger partial charge in [0, 0.05) is 38.4 Å². The lowest BCUT2D eigenvalue weighted by Crippen LogP contribution is -2.40. The molecule has 1 N–H and O–H groups in total. The second kappa shape index (κ2) is 8.32. The lowest BCUT2D eigenvalue weighted by molar-refractivity contribution is 0.121. The monoisotopic (exact) mass is 369 g/mol. The minimum absolute atomic E-state index is 0.105. The number of ether oxygens (including phenoxy) is 2. The van der Waals surface area contributed by atoms with Crippen LogP contribution in [0.15, 0.2) is 46.8 Å². The zero-order chi connectivity index (χ0) is 18.5. The number of rotatable bonds is 4. The summed E-state index contributed by atoms with van der Waals surface area (Å²) in [7, 11) is 0. The van der Waals surface area contributed by atoms with Gasteiger partial charge in [0.1, 0.15) is 11.4 Å². The Balaban J connectivity index is 1.69. The van der Waals surface area contributed by atoms with E-state index in [9.17, 15) is 5.11 Å².